The Balaban J connectivity index is 2.02. The highest BCUT2D eigenvalue weighted by Crippen LogP contribution is 2.28. The van der Waals surface area contributed by atoms with Gasteiger partial charge in [0.1, 0.15) is 5.75 Å². The molecule has 3 heteroatoms. The molecule has 16 heavy (non-hydrogen) atoms. The van der Waals surface area contributed by atoms with E-state index < -0.39 is 0 Å². The number of rotatable bonds is 4. The smallest absolute Gasteiger partial charge is 0.155 e. The summed E-state index contributed by atoms with van der Waals surface area (Å²) in [5, 5.41) is 0.457. The van der Waals surface area contributed by atoms with Gasteiger partial charge in [-0.1, -0.05) is 30.5 Å². The molecule has 2 rings (SSSR count). The Morgan fingerprint density at radius 2 is 2.12 bits per heavy atom. The lowest BCUT2D eigenvalue weighted by atomic mass is 10.1. The van der Waals surface area contributed by atoms with Crippen molar-refractivity contribution in [2.24, 2.45) is 5.92 Å². The first-order valence-electron chi connectivity index (χ1n) is 5.67. The summed E-state index contributed by atoms with van der Waals surface area (Å²) >= 11 is 5.91. The standard InChI is InChI=1S/C13H15ClO2/c14-12-6-3-7-13(11(12)8-15)16-9-10-4-1-2-5-10/h3,6-8,10H,1-2,4-5,9H2. The molecular weight excluding hydrogens is 224 g/mol. The van der Waals surface area contributed by atoms with E-state index in [-0.39, 0.29) is 0 Å². The maximum Gasteiger partial charge on any atom is 0.155 e. The van der Waals surface area contributed by atoms with Crippen LogP contribution in [0.2, 0.25) is 5.02 Å². The largest absolute Gasteiger partial charge is 0.492 e. The normalized spacial score (nSPS) is 16.3. The average molecular weight is 239 g/mol. The number of ether oxygens (including phenoxy) is 1. The van der Waals surface area contributed by atoms with E-state index >= 15 is 0 Å². The quantitative estimate of drug-likeness (QED) is 0.748. The lowest BCUT2D eigenvalue weighted by Gasteiger charge is -2.13. The van der Waals surface area contributed by atoms with Crippen LogP contribution in [0.3, 0.4) is 0 Å². The third-order valence-electron chi connectivity index (χ3n) is 3.08. The second-order valence-electron chi connectivity index (χ2n) is 4.23. The van der Waals surface area contributed by atoms with Gasteiger partial charge in [-0.25, -0.2) is 0 Å². The highest BCUT2D eigenvalue weighted by atomic mass is 35.5. The fraction of sp³-hybridized carbons (Fsp3) is 0.462. The lowest BCUT2D eigenvalue weighted by Crippen LogP contribution is -2.09. The minimum atomic E-state index is 0.457. The number of aldehydes is 1. The zero-order valence-corrected chi connectivity index (χ0v) is 9.87. The van der Waals surface area contributed by atoms with Crippen molar-refractivity contribution in [2.45, 2.75) is 25.7 Å². The fourth-order valence-electron chi connectivity index (χ4n) is 2.14. The van der Waals surface area contributed by atoms with Crippen LogP contribution in [-0.4, -0.2) is 12.9 Å². The van der Waals surface area contributed by atoms with E-state index in [0.29, 0.717) is 28.9 Å². The van der Waals surface area contributed by atoms with Gasteiger partial charge in [0, 0.05) is 0 Å². The number of hydrogen-bond acceptors (Lipinski definition) is 2. The SMILES string of the molecule is O=Cc1c(Cl)cccc1OCC1CCCC1. The third kappa shape index (κ3) is 2.56. The van der Waals surface area contributed by atoms with E-state index in [1.165, 1.54) is 25.7 Å². The summed E-state index contributed by atoms with van der Waals surface area (Å²) in [5.41, 5.74) is 0.460. The second-order valence-corrected chi connectivity index (χ2v) is 4.64. The monoisotopic (exact) mass is 238 g/mol. The Morgan fingerprint density at radius 3 is 2.81 bits per heavy atom. The Morgan fingerprint density at radius 1 is 1.38 bits per heavy atom. The zero-order valence-electron chi connectivity index (χ0n) is 9.12. The van der Waals surface area contributed by atoms with Crippen LogP contribution < -0.4 is 4.74 Å². The van der Waals surface area contributed by atoms with Gasteiger partial charge in [0.2, 0.25) is 0 Å². The fourth-order valence-corrected chi connectivity index (χ4v) is 2.35. The van der Waals surface area contributed by atoms with Crippen LogP contribution in [0, 0.1) is 5.92 Å². The predicted octanol–water partition coefficient (Wildman–Crippen LogP) is 3.72. The summed E-state index contributed by atoms with van der Waals surface area (Å²) in [4.78, 5) is 10.9. The molecule has 0 unspecified atom stereocenters. The van der Waals surface area contributed by atoms with Crippen molar-refractivity contribution in [3.63, 3.8) is 0 Å². The van der Waals surface area contributed by atoms with Crippen molar-refractivity contribution >= 4 is 17.9 Å². The first kappa shape index (κ1) is 11.5. The predicted molar refractivity (Wildman–Crippen MR) is 64.3 cm³/mol. The van der Waals surface area contributed by atoms with Crippen molar-refractivity contribution in [3.8, 4) is 5.75 Å². The second kappa shape index (κ2) is 5.35. The van der Waals surface area contributed by atoms with Gasteiger partial charge >= 0.3 is 0 Å². The Kier molecular flexibility index (Phi) is 3.83. The number of carbonyl (C=O) groups is 1. The van der Waals surface area contributed by atoms with E-state index in [2.05, 4.69) is 0 Å². The summed E-state index contributed by atoms with van der Waals surface area (Å²) < 4.78 is 5.68. The molecule has 86 valence electrons. The molecule has 1 aliphatic carbocycles. The lowest BCUT2D eigenvalue weighted by molar-refractivity contribution is 0.111. The highest BCUT2D eigenvalue weighted by molar-refractivity contribution is 6.33. The van der Waals surface area contributed by atoms with Gasteiger partial charge in [-0.3, -0.25) is 4.79 Å². The number of benzene rings is 1. The maximum absolute atomic E-state index is 10.9. The molecule has 0 heterocycles. The number of halogens is 1. The molecule has 0 N–H and O–H groups in total. The van der Waals surface area contributed by atoms with Crippen molar-refractivity contribution in [1.29, 1.82) is 0 Å². The molecule has 1 aromatic rings. The first-order chi connectivity index (χ1) is 7.81. The molecule has 0 spiro atoms. The zero-order chi connectivity index (χ0) is 11.4. The van der Waals surface area contributed by atoms with Crippen LogP contribution >= 0.6 is 11.6 Å². The summed E-state index contributed by atoms with van der Waals surface area (Å²) in [6.45, 7) is 0.696. The van der Waals surface area contributed by atoms with Crippen LogP contribution in [0.15, 0.2) is 18.2 Å². The van der Waals surface area contributed by atoms with E-state index in [4.69, 9.17) is 16.3 Å². The summed E-state index contributed by atoms with van der Waals surface area (Å²) in [7, 11) is 0. The van der Waals surface area contributed by atoms with Crippen molar-refractivity contribution in [1.82, 2.24) is 0 Å². The van der Waals surface area contributed by atoms with Gasteiger partial charge in [0.25, 0.3) is 0 Å². The molecule has 0 amide bonds. The molecule has 1 fully saturated rings. The molecule has 0 aromatic heterocycles. The molecule has 0 saturated heterocycles. The van der Waals surface area contributed by atoms with Crippen molar-refractivity contribution in [2.75, 3.05) is 6.61 Å². The molecule has 0 aliphatic heterocycles. The van der Waals surface area contributed by atoms with Gasteiger partial charge < -0.3 is 4.74 Å². The molecule has 0 radical (unpaired) electrons. The Hall–Kier alpha value is -1.02. The summed E-state index contributed by atoms with van der Waals surface area (Å²) in [6.07, 6.45) is 5.81. The van der Waals surface area contributed by atoms with Crippen LogP contribution in [0.4, 0.5) is 0 Å². The van der Waals surface area contributed by atoms with Gasteiger partial charge in [0.15, 0.2) is 6.29 Å². The third-order valence-corrected chi connectivity index (χ3v) is 3.41. The summed E-state index contributed by atoms with van der Waals surface area (Å²) in [5.74, 6) is 1.24. The average Bonchev–Trinajstić information content (AvgIpc) is 2.79. The van der Waals surface area contributed by atoms with Gasteiger partial charge in [-0.15, -0.1) is 0 Å². The van der Waals surface area contributed by atoms with Crippen LogP contribution in [0.25, 0.3) is 0 Å². The van der Waals surface area contributed by atoms with Crippen molar-refractivity contribution < 1.29 is 9.53 Å². The minimum Gasteiger partial charge on any atom is -0.492 e. The van der Waals surface area contributed by atoms with Crippen LogP contribution in [0.5, 0.6) is 5.75 Å². The molecule has 0 bridgehead atoms. The number of hydrogen-bond donors (Lipinski definition) is 0. The van der Waals surface area contributed by atoms with Crippen LogP contribution in [0.1, 0.15) is 36.0 Å². The molecular formula is C13H15ClO2. The highest BCUT2D eigenvalue weighted by Gasteiger charge is 2.16. The summed E-state index contributed by atoms with van der Waals surface area (Å²) in [6, 6.07) is 5.30. The van der Waals surface area contributed by atoms with Gasteiger partial charge in [-0.2, -0.15) is 0 Å². The molecule has 2 nitrogen and oxygen atoms in total. The Bertz CT molecular complexity index is 370. The minimum absolute atomic E-state index is 0.457. The molecule has 1 saturated carbocycles. The van der Waals surface area contributed by atoms with Crippen LogP contribution in [-0.2, 0) is 0 Å². The topological polar surface area (TPSA) is 26.3 Å². The Labute approximate surface area is 101 Å². The van der Waals surface area contributed by atoms with E-state index in [9.17, 15) is 4.79 Å². The van der Waals surface area contributed by atoms with E-state index in [1.54, 1.807) is 18.2 Å². The van der Waals surface area contributed by atoms with Gasteiger partial charge in [0.05, 0.1) is 17.2 Å². The van der Waals surface area contributed by atoms with E-state index in [0.717, 1.165) is 6.29 Å². The molecule has 1 aliphatic rings. The molecule has 1 aromatic carbocycles. The van der Waals surface area contributed by atoms with Gasteiger partial charge in [-0.05, 0) is 30.9 Å². The first-order valence-corrected chi connectivity index (χ1v) is 6.05. The van der Waals surface area contributed by atoms with E-state index in [1.807, 2.05) is 0 Å². The maximum atomic E-state index is 10.9. The number of carbonyl (C=O) groups excluding carboxylic acids is 1. The molecule has 0 atom stereocenters. The van der Waals surface area contributed by atoms with Crippen molar-refractivity contribution in [3.05, 3.63) is 28.8 Å².